The molecule has 1 saturated carbocycles. The SMILES string of the molecule is COc1ccnc(C(=O)N[C@H]2CC(=O)C(=O)[C@H](Cc3ccccc3)[C@H](OC(=O)C(C)C)[C@H](C)C(=O)C2=O)c1OC(=O)CCC(=O)OCc1ccccc1. The molecule has 1 fully saturated rings. The lowest BCUT2D eigenvalue weighted by atomic mass is 9.81. The van der Waals surface area contributed by atoms with Crippen molar-refractivity contribution >= 4 is 46.9 Å². The van der Waals surface area contributed by atoms with Gasteiger partial charge in [-0.25, -0.2) is 4.98 Å². The third kappa shape index (κ3) is 10.5. The Balaban J connectivity index is 1.55. The van der Waals surface area contributed by atoms with Gasteiger partial charge in [0.25, 0.3) is 5.91 Å². The fourth-order valence-electron chi connectivity index (χ4n) is 5.53. The number of hydrogen-bond donors (Lipinski definition) is 1. The molecule has 0 unspecified atom stereocenters. The first-order valence-electron chi connectivity index (χ1n) is 16.9. The molecule has 0 radical (unpaired) electrons. The molecule has 0 spiro atoms. The van der Waals surface area contributed by atoms with Crippen molar-refractivity contribution < 1.29 is 57.3 Å². The molecule has 1 aromatic heterocycles. The molecule has 1 amide bonds. The van der Waals surface area contributed by atoms with Crippen molar-refractivity contribution in [2.45, 2.75) is 65.2 Å². The molecule has 0 bridgehead atoms. The molecule has 4 atom stereocenters. The maximum absolute atomic E-state index is 13.8. The summed E-state index contributed by atoms with van der Waals surface area (Å²) in [7, 11) is 1.23. The number of methoxy groups -OCH3 is 1. The van der Waals surface area contributed by atoms with E-state index in [9.17, 15) is 38.4 Å². The largest absolute Gasteiger partial charge is 0.493 e. The van der Waals surface area contributed by atoms with Crippen LogP contribution in [0.5, 0.6) is 11.5 Å². The standard InChI is InChI=1S/C39H40N2O12/c1-22(2)39(49)53-36-23(3)33(45)35(47)27(20-28(42)34(46)26(36)19-24-11-7-5-8-12-24)41-38(48)32-37(29(50-4)17-18-40-32)52-31(44)16-15-30(43)51-21-25-13-9-6-10-14-25/h5-14,17-18,22-23,26-27,36H,15-16,19-21H2,1-4H3,(H,41,48)/t23-,26+,27+,36-/m1/s1. The van der Waals surface area contributed by atoms with E-state index in [1.807, 2.05) is 6.07 Å². The molecule has 14 heteroatoms. The Morgan fingerprint density at radius 2 is 1.45 bits per heavy atom. The van der Waals surface area contributed by atoms with Crippen molar-refractivity contribution in [1.82, 2.24) is 10.3 Å². The van der Waals surface area contributed by atoms with Crippen LogP contribution in [0.3, 0.4) is 0 Å². The molecule has 278 valence electrons. The number of carbonyl (C=O) groups is 8. The zero-order valence-corrected chi connectivity index (χ0v) is 29.7. The minimum atomic E-state index is -1.83. The number of nitrogens with zero attached hydrogens (tertiary/aromatic N) is 1. The van der Waals surface area contributed by atoms with Gasteiger partial charge < -0.3 is 24.3 Å². The highest BCUT2D eigenvalue weighted by Gasteiger charge is 2.46. The number of esters is 3. The molecular formula is C39H40N2O12. The molecule has 0 aliphatic heterocycles. The van der Waals surface area contributed by atoms with E-state index in [4.69, 9.17) is 18.9 Å². The maximum atomic E-state index is 13.8. The molecule has 4 rings (SSSR count). The van der Waals surface area contributed by atoms with E-state index in [-0.39, 0.29) is 25.2 Å². The van der Waals surface area contributed by atoms with Gasteiger partial charge in [0, 0.05) is 18.7 Å². The van der Waals surface area contributed by atoms with Gasteiger partial charge in [-0.05, 0) is 17.5 Å². The van der Waals surface area contributed by atoms with Crippen LogP contribution < -0.4 is 14.8 Å². The Morgan fingerprint density at radius 1 is 0.830 bits per heavy atom. The number of hydrogen-bond acceptors (Lipinski definition) is 13. The Morgan fingerprint density at radius 3 is 2.08 bits per heavy atom. The normalized spacial score (nSPS) is 19.0. The number of amides is 1. The number of pyridine rings is 1. The van der Waals surface area contributed by atoms with Crippen LogP contribution in [-0.2, 0) is 56.1 Å². The van der Waals surface area contributed by atoms with Gasteiger partial charge in [0.2, 0.25) is 28.9 Å². The van der Waals surface area contributed by atoms with Crippen LogP contribution in [0.4, 0.5) is 0 Å². The molecule has 0 saturated heterocycles. The number of carbonyl (C=O) groups excluding carboxylic acids is 8. The second kappa shape index (κ2) is 18.4. The highest BCUT2D eigenvalue weighted by Crippen LogP contribution is 2.31. The summed E-state index contributed by atoms with van der Waals surface area (Å²) in [6.45, 7) is 4.43. The van der Waals surface area contributed by atoms with Crippen molar-refractivity contribution in [2.24, 2.45) is 17.8 Å². The number of Topliss-reactive ketones (excluding diaryl/α,β-unsaturated/α-hetero) is 4. The summed E-state index contributed by atoms with van der Waals surface area (Å²) in [6.07, 6.45) is -2.06. The number of nitrogens with one attached hydrogen (secondary N) is 1. The minimum Gasteiger partial charge on any atom is -0.493 e. The number of ether oxygens (including phenoxy) is 4. The first-order chi connectivity index (χ1) is 25.3. The number of benzene rings is 2. The van der Waals surface area contributed by atoms with Gasteiger partial charge in [0.15, 0.2) is 11.4 Å². The van der Waals surface area contributed by atoms with Crippen molar-refractivity contribution in [3.8, 4) is 11.5 Å². The topological polar surface area (TPSA) is 198 Å². The smallest absolute Gasteiger partial charge is 0.311 e. The Hall–Kier alpha value is -6.05. The first kappa shape index (κ1) is 39.7. The average Bonchev–Trinajstić information content (AvgIpc) is 3.18. The van der Waals surface area contributed by atoms with Gasteiger partial charge in [-0.2, -0.15) is 0 Å². The lowest BCUT2D eigenvalue weighted by Crippen LogP contribution is -2.48. The minimum absolute atomic E-state index is 0.00215. The van der Waals surface area contributed by atoms with Crippen molar-refractivity contribution in [3.63, 3.8) is 0 Å². The van der Waals surface area contributed by atoms with E-state index >= 15 is 0 Å². The quantitative estimate of drug-likeness (QED) is 0.199. The van der Waals surface area contributed by atoms with E-state index in [0.29, 0.717) is 5.56 Å². The zero-order chi connectivity index (χ0) is 38.7. The molecule has 14 nitrogen and oxygen atoms in total. The summed E-state index contributed by atoms with van der Waals surface area (Å²) in [5.41, 5.74) is 0.817. The Bertz CT molecular complexity index is 1860. The third-order valence-electron chi connectivity index (χ3n) is 8.49. The molecule has 1 aliphatic carbocycles. The van der Waals surface area contributed by atoms with Crippen LogP contribution in [-0.4, -0.2) is 71.2 Å². The molecule has 1 aliphatic rings. The summed E-state index contributed by atoms with van der Waals surface area (Å²) in [5.74, 6) is -11.8. The van der Waals surface area contributed by atoms with E-state index in [2.05, 4.69) is 10.3 Å². The summed E-state index contributed by atoms with van der Waals surface area (Å²) >= 11 is 0. The van der Waals surface area contributed by atoms with Gasteiger partial charge in [-0.3, -0.25) is 38.4 Å². The molecule has 3 aromatic rings. The second-order valence-corrected chi connectivity index (χ2v) is 12.7. The Labute approximate surface area is 305 Å². The third-order valence-corrected chi connectivity index (χ3v) is 8.49. The van der Waals surface area contributed by atoms with Crippen LogP contribution in [0.1, 0.15) is 61.6 Å². The fourth-order valence-corrected chi connectivity index (χ4v) is 5.53. The van der Waals surface area contributed by atoms with Crippen molar-refractivity contribution in [1.29, 1.82) is 0 Å². The van der Waals surface area contributed by atoms with Gasteiger partial charge >= 0.3 is 17.9 Å². The molecular weight excluding hydrogens is 688 g/mol. The predicted molar refractivity (Wildman–Crippen MR) is 185 cm³/mol. The lowest BCUT2D eigenvalue weighted by molar-refractivity contribution is -0.163. The lowest BCUT2D eigenvalue weighted by Gasteiger charge is -2.29. The van der Waals surface area contributed by atoms with Gasteiger partial charge in [-0.1, -0.05) is 81.4 Å². The predicted octanol–water partition coefficient (Wildman–Crippen LogP) is 3.36. The Kier molecular flexibility index (Phi) is 13.8. The van der Waals surface area contributed by atoms with Crippen LogP contribution in [0.15, 0.2) is 72.9 Å². The monoisotopic (exact) mass is 728 g/mol. The van der Waals surface area contributed by atoms with Gasteiger partial charge in [0.05, 0.1) is 37.7 Å². The molecule has 2 aromatic carbocycles. The summed E-state index contributed by atoms with van der Waals surface area (Å²) in [5, 5.41) is 2.29. The molecule has 1 N–H and O–H groups in total. The second-order valence-electron chi connectivity index (χ2n) is 12.7. The van der Waals surface area contributed by atoms with E-state index in [1.54, 1.807) is 68.4 Å². The summed E-state index contributed by atoms with van der Waals surface area (Å²) < 4.78 is 21.4. The number of aromatic nitrogens is 1. The average molecular weight is 729 g/mol. The van der Waals surface area contributed by atoms with Gasteiger partial charge in [-0.15, -0.1) is 0 Å². The highest BCUT2D eigenvalue weighted by atomic mass is 16.6. The van der Waals surface area contributed by atoms with E-state index in [1.165, 1.54) is 20.1 Å². The van der Waals surface area contributed by atoms with Crippen molar-refractivity contribution in [2.75, 3.05) is 7.11 Å². The summed E-state index contributed by atoms with van der Waals surface area (Å²) in [6, 6.07) is 17.0. The van der Waals surface area contributed by atoms with Crippen LogP contribution in [0.2, 0.25) is 0 Å². The van der Waals surface area contributed by atoms with E-state index < -0.39 is 101 Å². The van der Waals surface area contributed by atoms with Crippen LogP contribution >= 0.6 is 0 Å². The van der Waals surface area contributed by atoms with E-state index in [0.717, 1.165) is 11.8 Å². The molecule has 1 heterocycles. The van der Waals surface area contributed by atoms with Crippen molar-refractivity contribution in [3.05, 3.63) is 89.7 Å². The number of ketones is 4. The zero-order valence-electron chi connectivity index (χ0n) is 29.7. The summed E-state index contributed by atoms with van der Waals surface area (Å²) in [4.78, 5) is 110. The van der Waals surface area contributed by atoms with Crippen LogP contribution in [0.25, 0.3) is 0 Å². The molecule has 53 heavy (non-hydrogen) atoms. The first-order valence-corrected chi connectivity index (χ1v) is 16.9. The van der Waals surface area contributed by atoms with Crippen LogP contribution in [0, 0.1) is 17.8 Å². The maximum Gasteiger partial charge on any atom is 0.311 e. The highest BCUT2D eigenvalue weighted by molar-refractivity contribution is 6.44. The fraction of sp³-hybridized carbons (Fsp3) is 0.359. The van der Waals surface area contributed by atoms with Gasteiger partial charge in [0.1, 0.15) is 18.8 Å². The number of rotatable bonds is 13.